The summed E-state index contributed by atoms with van der Waals surface area (Å²) in [5, 5.41) is 22.0. The van der Waals surface area contributed by atoms with E-state index in [1.54, 1.807) is 18.0 Å². The van der Waals surface area contributed by atoms with Gasteiger partial charge in [0.25, 0.3) is 0 Å². The number of ketones is 1. The first-order chi connectivity index (χ1) is 14.3. The van der Waals surface area contributed by atoms with E-state index in [0.29, 0.717) is 12.8 Å². The van der Waals surface area contributed by atoms with Crippen molar-refractivity contribution in [2.75, 3.05) is 11.6 Å². The molecule has 2 fully saturated rings. The zero-order valence-corrected chi connectivity index (χ0v) is 17.5. The van der Waals surface area contributed by atoms with Crippen LogP contribution in [0.25, 0.3) is 0 Å². The largest absolute Gasteiger partial charge is 0.459 e. The van der Waals surface area contributed by atoms with E-state index < -0.39 is 28.6 Å². The van der Waals surface area contributed by atoms with Gasteiger partial charge in [-0.2, -0.15) is 0 Å². The molecule has 2 aliphatic heterocycles. The van der Waals surface area contributed by atoms with Crippen LogP contribution in [0, 0.1) is 17.3 Å². The highest BCUT2D eigenvalue weighted by Gasteiger charge is 2.72. The molecule has 1 N–H and O–H groups in total. The third kappa shape index (κ3) is 2.24. The molecule has 7 nitrogen and oxygen atoms in total. The van der Waals surface area contributed by atoms with Gasteiger partial charge in [-0.3, -0.25) is 4.79 Å². The van der Waals surface area contributed by atoms with Crippen molar-refractivity contribution in [1.29, 1.82) is 0 Å². The molecular weight excluding hydrogens is 382 g/mol. The maximum atomic E-state index is 13.2. The van der Waals surface area contributed by atoms with Crippen molar-refractivity contribution in [2.45, 2.75) is 57.3 Å². The van der Waals surface area contributed by atoms with E-state index in [9.17, 15) is 14.7 Å². The van der Waals surface area contributed by atoms with Crippen LogP contribution in [0.4, 0.5) is 5.69 Å². The second-order valence-electron chi connectivity index (χ2n) is 9.33. The van der Waals surface area contributed by atoms with Crippen molar-refractivity contribution in [2.24, 2.45) is 27.6 Å². The lowest BCUT2D eigenvalue weighted by molar-refractivity contribution is -0.166. The SMILES string of the molecule is CCc1ccc(N2CC3(N=N2)C(=O)OC2C3CC[C@H](C)[C@]3(O)C=CC(=O)[C@@]23C)cc1. The lowest BCUT2D eigenvalue weighted by Gasteiger charge is -2.43. The van der Waals surface area contributed by atoms with E-state index in [-0.39, 0.29) is 24.2 Å². The van der Waals surface area contributed by atoms with Gasteiger partial charge >= 0.3 is 5.97 Å². The minimum Gasteiger partial charge on any atom is -0.459 e. The Morgan fingerprint density at radius 2 is 1.97 bits per heavy atom. The Balaban J connectivity index is 1.51. The predicted octanol–water partition coefficient (Wildman–Crippen LogP) is 3.02. The van der Waals surface area contributed by atoms with E-state index >= 15 is 0 Å². The molecule has 0 radical (unpaired) electrons. The Morgan fingerprint density at radius 3 is 2.67 bits per heavy atom. The maximum absolute atomic E-state index is 13.2. The molecule has 4 aliphatic rings. The van der Waals surface area contributed by atoms with E-state index in [1.165, 1.54) is 11.6 Å². The molecule has 1 spiro atoms. The summed E-state index contributed by atoms with van der Waals surface area (Å²) in [4.78, 5) is 26.1. The molecule has 7 heteroatoms. The molecule has 6 atom stereocenters. The number of hydrogen-bond donors (Lipinski definition) is 1. The van der Waals surface area contributed by atoms with Gasteiger partial charge in [0.05, 0.1) is 17.6 Å². The van der Waals surface area contributed by atoms with Crippen LogP contribution in [0.3, 0.4) is 0 Å². The molecule has 2 aliphatic carbocycles. The van der Waals surface area contributed by atoms with Gasteiger partial charge in [0.15, 0.2) is 5.78 Å². The number of hydrogen-bond acceptors (Lipinski definition) is 7. The van der Waals surface area contributed by atoms with Crippen molar-refractivity contribution >= 4 is 17.4 Å². The zero-order valence-electron chi connectivity index (χ0n) is 17.5. The number of anilines is 1. The number of carbonyl (C=O) groups excluding carboxylic acids is 2. The number of allylic oxidation sites excluding steroid dienone is 1. The summed E-state index contributed by atoms with van der Waals surface area (Å²) in [6, 6.07) is 8.05. The number of esters is 1. The van der Waals surface area contributed by atoms with Crippen LogP contribution >= 0.6 is 0 Å². The normalized spacial score (nSPS) is 41.9. The molecule has 1 aromatic carbocycles. The van der Waals surface area contributed by atoms with Crippen molar-refractivity contribution < 1.29 is 19.4 Å². The highest BCUT2D eigenvalue weighted by molar-refractivity contribution is 6.00. The standard InChI is InChI=1S/C23H27N3O4/c1-4-15-6-8-16(9-7-15)26-13-22(24-25-26)17-10-5-14(2)23(29)12-11-18(27)21(23,3)19(17)30-20(22)28/h6-9,11-12,14,17,19,29H,4-5,10,13H2,1-3H3/t14-,17?,19?,21-,22?,23+/m0/s1. The number of nitrogens with zero attached hydrogens (tertiary/aromatic N) is 3. The summed E-state index contributed by atoms with van der Waals surface area (Å²) in [6.45, 7) is 6.06. The summed E-state index contributed by atoms with van der Waals surface area (Å²) in [5.74, 6) is -1.10. The fourth-order valence-corrected chi connectivity index (χ4v) is 5.82. The molecule has 3 unspecified atom stereocenters. The number of aryl methyl sites for hydroxylation is 1. The molecule has 0 bridgehead atoms. The third-order valence-electron chi connectivity index (χ3n) is 7.99. The number of benzene rings is 1. The summed E-state index contributed by atoms with van der Waals surface area (Å²) in [7, 11) is 0. The Labute approximate surface area is 175 Å². The number of rotatable bonds is 2. The van der Waals surface area contributed by atoms with Crippen LogP contribution in [0.1, 0.15) is 39.2 Å². The van der Waals surface area contributed by atoms with E-state index in [2.05, 4.69) is 17.3 Å². The minimum absolute atomic E-state index is 0.136. The average molecular weight is 409 g/mol. The Bertz CT molecular complexity index is 973. The molecular formula is C23H27N3O4. The molecule has 158 valence electrons. The number of carbonyl (C=O) groups is 2. The van der Waals surface area contributed by atoms with E-state index in [1.807, 2.05) is 31.2 Å². The monoisotopic (exact) mass is 409 g/mol. The van der Waals surface area contributed by atoms with Crippen molar-refractivity contribution in [1.82, 2.24) is 0 Å². The third-order valence-corrected chi connectivity index (χ3v) is 7.99. The number of fused-ring (bicyclic) bond motifs is 4. The van der Waals surface area contributed by atoms with Gasteiger partial charge in [-0.15, -0.1) is 5.11 Å². The molecule has 5 rings (SSSR count). The molecule has 1 aromatic rings. The van der Waals surface area contributed by atoms with Crippen LogP contribution in [0.5, 0.6) is 0 Å². The summed E-state index contributed by atoms with van der Waals surface area (Å²) < 4.78 is 5.86. The smallest absolute Gasteiger partial charge is 0.338 e. The quantitative estimate of drug-likeness (QED) is 0.758. The van der Waals surface area contributed by atoms with Gasteiger partial charge in [0, 0.05) is 5.92 Å². The van der Waals surface area contributed by atoms with Gasteiger partial charge in [-0.25, -0.2) is 9.80 Å². The Hall–Kier alpha value is -2.54. The summed E-state index contributed by atoms with van der Waals surface area (Å²) in [6.07, 6.45) is 4.56. The average Bonchev–Trinajstić information content (AvgIpc) is 3.37. The zero-order chi connectivity index (χ0) is 21.3. The molecule has 2 heterocycles. The first kappa shape index (κ1) is 19.4. The second-order valence-corrected chi connectivity index (χ2v) is 9.33. The molecule has 30 heavy (non-hydrogen) atoms. The van der Waals surface area contributed by atoms with Gasteiger partial charge in [0.1, 0.15) is 11.7 Å². The fraction of sp³-hybridized carbons (Fsp3) is 0.565. The van der Waals surface area contributed by atoms with Crippen LogP contribution in [-0.2, 0) is 20.7 Å². The summed E-state index contributed by atoms with van der Waals surface area (Å²) >= 11 is 0. The van der Waals surface area contributed by atoms with Crippen LogP contribution in [0.15, 0.2) is 46.8 Å². The highest BCUT2D eigenvalue weighted by atomic mass is 16.6. The first-order valence-corrected chi connectivity index (χ1v) is 10.7. The first-order valence-electron chi connectivity index (χ1n) is 10.7. The van der Waals surface area contributed by atoms with Gasteiger partial charge in [-0.05, 0) is 62.0 Å². The lowest BCUT2D eigenvalue weighted by atomic mass is 9.63. The van der Waals surface area contributed by atoms with E-state index in [4.69, 9.17) is 4.74 Å². The molecule has 1 saturated heterocycles. The lowest BCUT2D eigenvalue weighted by Crippen LogP contribution is -2.57. The fourth-order valence-electron chi connectivity index (χ4n) is 5.82. The topological polar surface area (TPSA) is 91.6 Å². The molecule has 0 amide bonds. The number of aliphatic hydroxyl groups is 1. The summed E-state index contributed by atoms with van der Waals surface area (Å²) in [5.41, 5.74) is -1.60. The van der Waals surface area contributed by atoms with Crippen molar-refractivity contribution in [3.63, 3.8) is 0 Å². The van der Waals surface area contributed by atoms with Crippen molar-refractivity contribution in [3.05, 3.63) is 42.0 Å². The second kappa shape index (κ2) is 6.23. The van der Waals surface area contributed by atoms with Crippen LogP contribution in [-0.4, -0.2) is 40.6 Å². The maximum Gasteiger partial charge on any atom is 0.338 e. The Kier molecular flexibility index (Phi) is 4.04. The van der Waals surface area contributed by atoms with E-state index in [0.717, 1.165) is 12.1 Å². The van der Waals surface area contributed by atoms with Crippen LogP contribution < -0.4 is 5.01 Å². The Morgan fingerprint density at radius 1 is 1.23 bits per heavy atom. The van der Waals surface area contributed by atoms with Gasteiger partial charge < -0.3 is 9.84 Å². The number of ether oxygens (including phenoxy) is 1. The van der Waals surface area contributed by atoms with Gasteiger partial charge in [-0.1, -0.05) is 31.2 Å². The van der Waals surface area contributed by atoms with Crippen molar-refractivity contribution in [3.8, 4) is 0 Å². The minimum atomic E-state index is -1.33. The predicted molar refractivity (Wildman–Crippen MR) is 110 cm³/mol. The molecule has 0 aromatic heterocycles. The highest BCUT2D eigenvalue weighted by Crippen LogP contribution is 2.59. The molecule has 1 saturated carbocycles. The van der Waals surface area contributed by atoms with Crippen LogP contribution in [0.2, 0.25) is 0 Å². The van der Waals surface area contributed by atoms with Gasteiger partial charge in [0.2, 0.25) is 5.54 Å².